The molecule has 158 valence electrons. The topological polar surface area (TPSA) is 128 Å². The molecule has 0 radical (unpaired) electrons. The molecule has 4 N–H and O–H groups in total. The maximum absolute atomic E-state index is 12.2. The number of anilines is 2. The first-order chi connectivity index (χ1) is 14.5. The van der Waals surface area contributed by atoms with Crippen molar-refractivity contribution in [1.29, 1.82) is 5.26 Å². The number of pyridine rings is 1. The molecule has 30 heavy (non-hydrogen) atoms. The van der Waals surface area contributed by atoms with Crippen molar-refractivity contribution in [3.63, 3.8) is 0 Å². The fraction of sp³-hybridized carbons (Fsp3) is 0.263. The molecule has 0 bridgehead atoms. The number of benzene rings is 1. The van der Waals surface area contributed by atoms with Crippen LogP contribution in [0.2, 0.25) is 5.02 Å². The summed E-state index contributed by atoms with van der Waals surface area (Å²) in [6, 6.07) is 9.00. The van der Waals surface area contributed by atoms with Gasteiger partial charge in [-0.3, -0.25) is 5.32 Å². The van der Waals surface area contributed by atoms with Crippen molar-refractivity contribution in [3.8, 4) is 11.8 Å². The molecule has 0 saturated carbocycles. The Kier molecular flexibility index (Phi) is 9.51. The van der Waals surface area contributed by atoms with Crippen LogP contribution in [0.15, 0.2) is 36.5 Å². The summed E-state index contributed by atoms with van der Waals surface area (Å²) < 4.78 is 5.69. The summed E-state index contributed by atoms with van der Waals surface area (Å²) in [7, 11) is 0. The highest BCUT2D eigenvalue weighted by atomic mass is 35.5. The molecule has 11 heteroatoms. The van der Waals surface area contributed by atoms with E-state index < -0.39 is 6.03 Å². The molecule has 0 saturated heterocycles. The predicted molar refractivity (Wildman–Crippen MR) is 115 cm³/mol. The van der Waals surface area contributed by atoms with E-state index in [4.69, 9.17) is 33.2 Å². The van der Waals surface area contributed by atoms with Gasteiger partial charge in [0.25, 0.3) is 0 Å². The summed E-state index contributed by atoms with van der Waals surface area (Å²) in [5.41, 5.74) is 0.763. The number of rotatable bonds is 9. The first kappa shape index (κ1) is 23.1. The van der Waals surface area contributed by atoms with Crippen LogP contribution in [0.1, 0.15) is 12.0 Å². The molecule has 0 fully saturated rings. The molecule has 0 unspecified atom stereocenters. The highest BCUT2D eigenvalue weighted by Gasteiger charge is 2.10. The maximum atomic E-state index is 12.2. The van der Waals surface area contributed by atoms with Gasteiger partial charge in [-0.05, 0) is 36.8 Å². The summed E-state index contributed by atoms with van der Waals surface area (Å²) in [5, 5.41) is 19.7. The van der Waals surface area contributed by atoms with Gasteiger partial charge in [0, 0.05) is 30.2 Å². The third-order valence-electron chi connectivity index (χ3n) is 3.57. The van der Waals surface area contributed by atoms with Gasteiger partial charge in [-0.15, -0.1) is 11.6 Å². The van der Waals surface area contributed by atoms with E-state index in [2.05, 4.69) is 26.3 Å². The minimum Gasteiger partial charge on any atom is -0.491 e. The lowest BCUT2D eigenvalue weighted by Gasteiger charge is -2.14. The van der Waals surface area contributed by atoms with Crippen LogP contribution in [-0.4, -0.2) is 42.6 Å². The van der Waals surface area contributed by atoms with Gasteiger partial charge in [0.1, 0.15) is 17.6 Å². The van der Waals surface area contributed by atoms with Crippen LogP contribution in [-0.2, 0) is 0 Å². The van der Waals surface area contributed by atoms with E-state index in [1.807, 2.05) is 6.07 Å². The van der Waals surface area contributed by atoms with Crippen LogP contribution in [0.5, 0.6) is 5.75 Å². The lowest BCUT2D eigenvalue weighted by molar-refractivity contribution is 0.239. The number of urea groups is 2. The highest BCUT2D eigenvalue weighted by molar-refractivity contribution is 6.31. The SMILES string of the molecule is N#Cc1ccc(NC(=O)Nc2cc(Cl)ccc2OCCCNC(=O)NCCCl)nc1. The van der Waals surface area contributed by atoms with E-state index in [0.29, 0.717) is 54.0 Å². The number of carbonyl (C=O) groups excluding carboxylic acids is 2. The summed E-state index contributed by atoms with van der Waals surface area (Å²) in [6.07, 6.45) is 1.91. The number of nitriles is 1. The second kappa shape index (κ2) is 12.4. The Bertz CT molecular complexity index is 902. The van der Waals surface area contributed by atoms with E-state index in [-0.39, 0.29) is 11.8 Å². The first-order valence-corrected chi connectivity index (χ1v) is 9.87. The van der Waals surface area contributed by atoms with Crippen molar-refractivity contribution in [2.75, 3.05) is 36.2 Å². The van der Waals surface area contributed by atoms with Gasteiger partial charge in [0.2, 0.25) is 0 Å². The average Bonchev–Trinajstić information content (AvgIpc) is 2.73. The number of nitrogens with zero attached hydrogens (tertiary/aromatic N) is 2. The van der Waals surface area contributed by atoms with E-state index in [0.717, 1.165) is 0 Å². The van der Waals surface area contributed by atoms with Crippen LogP contribution in [0.4, 0.5) is 21.1 Å². The third-order valence-corrected chi connectivity index (χ3v) is 3.99. The molecular formula is C19H20Cl2N6O3. The Hall–Kier alpha value is -3.22. The van der Waals surface area contributed by atoms with Crippen LogP contribution >= 0.6 is 23.2 Å². The Balaban J connectivity index is 1.85. The fourth-order valence-electron chi connectivity index (χ4n) is 2.21. The van der Waals surface area contributed by atoms with Crippen LogP contribution in [0.3, 0.4) is 0 Å². The molecule has 4 amide bonds. The Labute approximate surface area is 183 Å². The average molecular weight is 451 g/mol. The van der Waals surface area contributed by atoms with Crippen LogP contribution in [0, 0.1) is 11.3 Å². The number of carbonyl (C=O) groups is 2. The van der Waals surface area contributed by atoms with Crippen molar-refractivity contribution in [3.05, 3.63) is 47.1 Å². The van der Waals surface area contributed by atoms with Gasteiger partial charge in [0.15, 0.2) is 0 Å². The third kappa shape index (κ3) is 8.03. The zero-order valence-corrected chi connectivity index (χ0v) is 17.4. The number of amides is 4. The molecule has 0 atom stereocenters. The number of ether oxygens (including phenoxy) is 1. The second-order valence-electron chi connectivity index (χ2n) is 5.84. The van der Waals surface area contributed by atoms with E-state index in [9.17, 15) is 9.59 Å². The van der Waals surface area contributed by atoms with Crippen molar-refractivity contribution in [2.24, 2.45) is 0 Å². The summed E-state index contributed by atoms with van der Waals surface area (Å²) >= 11 is 11.5. The second-order valence-corrected chi connectivity index (χ2v) is 6.65. The Morgan fingerprint density at radius 2 is 1.90 bits per heavy atom. The molecule has 2 aromatic rings. The van der Waals surface area contributed by atoms with E-state index in [1.165, 1.54) is 12.3 Å². The molecule has 0 aliphatic heterocycles. The number of aromatic nitrogens is 1. The van der Waals surface area contributed by atoms with Crippen molar-refractivity contribution in [1.82, 2.24) is 15.6 Å². The standard InChI is InChI=1S/C19H20Cl2N6O3/c20-6-8-24-18(28)23-7-1-9-30-16-4-3-14(21)10-15(16)26-19(29)27-17-5-2-13(11-22)12-25-17/h2-5,10,12H,1,6-9H2,(H2,23,24,28)(H2,25,26,27,29). The molecular weight excluding hydrogens is 431 g/mol. The first-order valence-electron chi connectivity index (χ1n) is 8.96. The van der Waals surface area contributed by atoms with Crippen LogP contribution in [0.25, 0.3) is 0 Å². The molecule has 9 nitrogen and oxygen atoms in total. The van der Waals surface area contributed by atoms with Crippen molar-refractivity contribution in [2.45, 2.75) is 6.42 Å². The molecule has 0 aliphatic carbocycles. The number of halogens is 2. The van der Waals surface area contributed by atoms with Gasteiger partial charge in [-0.1, -0.05) is 11.6 Å². The van der Waals surface area contributed by atoms with Gasteiger partial charge in [-0.2, -0.15) is 5.26 Å². The smallest absolute Gasteiger partial charge is 0.324 e. The van der Waals surface area contributed by atoms with Gasteiger partial charge >= 0.3 is 12.1 Å². The van der Waals surface area contributed by atoms with Gasteiger partial charge in [0.05, 0.1) is 17.9 Å². The maximum Gasteiger partial charge on any atom is 0.324 e. The lowest BCUT2D eigenvalue weighted by atomic mass is 10.3. The largest absolute Gasteiger partial charge is 0.491 e. The minimum absolute atomic E-state index is 0.287. The molecule has 1 aromatic heterocycles. The molecule has 0 aliphatic rings. The number of hydrogen-bond acceptors (Lipinski definition) is 5. The Morgan fingerprint density at radius 3 is 2.60 bits per heavy atom. The minimum atomic E-state index is -0.544. The quantitative estimate of drug-likeness (QED) is 0.342. The number of hydrogen-bond donors (Lipinski definition) is 4. The monoisotopic (exact) mass is 450 g/mol. The Morgan fingerprint density at radius 1 is 1.10 bits per heavy atom. The van der Waals surface area contributed by atoms with Gasteiger partial charge < -0.3 is 20.7 Å². The predicted octanol–water partition coefficient (Wildman–Crippen LogP) is 3.56. The molecule has 2 rings (SSSR count). The highest BCUT2D eigenvalue weighted by Crippen LogP contribution is 2.28. The van der Waals surface area contributed by atoms with Crippen molar-refractivity contribution < 1.29 is 14.3 Å². The number of alkyl halides is 1. The summed E-state index contributed by atoms with van der Waals surface area (Å²) in [4.78, 5) is 27.6. The van der Waals surface area contributed by atoms with E-state index >= 15 is 0 Å². The zero-order chi connectivity index (χ0) is 21.8. The molecule has 0 spiro atoms. The van der Waals surface area contributed by atoms with Gasteiger partial charge in [-0.25, -0.2) is 14.6 Å². The molecule has 1 heterocycles. The summed E-state index contributed by atoms with van der Waals surface area (Å²) in [5.74, 6) is 1.06. The zero-order valence-electron chi connectivity index (χ0n) is 15.9. The summed E-state index contributed by atoms with van der Waals surface area (Å²) in [6.45, 7) is 1.12. The lowest BCUT2D eigenvalue weighted by Crippen LogP contribution is -2.37. The van der Waals surface area contributed by atoms with Crippen LogP contribution < -0.4 is 26.0 Å². The normalized spacial score (nSPS) is 9.90. The fourth-order valence-corrected chi connectivity index (χ4v) is 2.48. The van der Waals surface area contributed by atoms with Crippen molar-refractivity contribution >= 4 is 46.8 Å². The number of nitrogens with one attached hydrogen (secondary N) is 4. The molecule has 1 aromatic carbocycles. The van der Waals surface area contributed by atoms with E-state index in [1.54, 1.807) is 24.3 Å².